The number of hydrogen-bond acceptors (Lipinski definition) is 15. The molecule has 93 heavy (non-hydrogen) atoms. The van der Waals surface area contributed by atoms with E-state index in [1.807, 2.05) is 0 Å². The third-order valence-corrected chi connectivity index (χ3v) is 19.2. The second-order valence-electron chi connectivity index (χ2n) is 27.2. The number of hydrogen-bond donors (Lipinski definition) is 3. The van der Waals surface area contributed by atoms with Crippen LogP contribution in [0.2, 0.25) is 0 Å². The van der Waals surface area contributed by atoms with Gasteiger partial charge in [-0.1, -0.05) is 336 Å². The molecule has 0 spiro atoms. The van der Waals surface area contributed by atoms with Crippen molar-refractivity contribution >= 4 is 39.5 Å². The molecule has 17 nitrogen and oxygen atoms in total. The van der Waals surface area contributed by atoms with E-state index in [2.05, 4.69) is 34.6 Å². The minimum Gasteiger partial charge on any atom is -0.462 e. The van der Waals surface area contributed by atoms with Gasteiger partial charge < -0.3 is 33.8 Å². The lowest BCUT2D eigenvalue weighted by atomic mass is 10.0. The highest BCUT2D eigenvalue weighted by atomic mass is 31.2. The molecule has 3 N–H and O–H groups in total. The topological polar surface area (TPSA) is 237 Å². The van der Waals surface area contributed by atoms with E-state index in [0.717, 1.165) is 102 Å². The van der Waals surface area contributed by atoms with E-state index in [1.165, 1.54) is 205 Å². The van der Waals surface area contributed by atoms with Crippen LogP contribution in [0.15, 0.2) is 0 Å². The molecule has 0 fully saturated rings. The third-order valence-electron chi connectivity index (χ3n) is 17.3. The normalized spacial score (nSPS) is 14.0. The SMILES string of the molecule is CCCCCCCCCCCCCCCCCCCCCC(=O)O[C@H](COC(=O)CCCCCCCCCCCCC(C)C)COP(=O)(O)OC[C@@H](O)COP(=O)(O)OC[C@@H](COC(=O)CCCCCCCCCC)OC(=O)CCCCCCCCCCCCCCC. The number of carbonyl (C=O) groups is 4. The van der Waals surface area contributed by atoms with Crippen LogP contribution in [0.3, 0.4) is 0 Å². The number of carbonyl (C=O) groups excluding carboxylic acids is 4. The first-order valence-electron chi connectivity index (χ1n) is 38.6. The molecular formula is C74H144O17P2. The van der Waals surface area contributed by atoms with Crippen molar-refractivity contribution in [3.05, 3.63) is 0 Å². The molecule has 0 rings (SSSR count). The fraction of sp³-hybridized carbons (Fsp3) is 0.946. The summed E-state index contributed by atoms with van der Waals surface area (Å²) < 4.78 is 68.4. The van der Waals surface area contributed by atoms with Gasteiger partial charge in [0.2, 0.25) is 0 Å². The van der Waals surface area contributed by atoms with Gasteiger partial charge in [0.15, 0.2) is 12.2 Å². The molecule has 0 aromatic rings. The minimum atomic E-state index is -4.95. The summed E-state index contributed by atoms with van der Waals surface area (Å²) in [6.45, 7) is 7.25. The van der Waals surface area contributed by atoms with E-state index < -0.39 is 97.5 Å². The third kappa shape index (κ3) is 68.4. The van der Waals surface area contributed by atoms with Gasteiger partial charge in [0.05, 0.1) is 26.4 Å². The summed E-state index contributed by atoms with van der Waals surface area (Å²) in [5, 5.41) is 10.6. The average Bonchev–Trinajstić information content (AvgIpc) is 1.82. The van der Waals surface area contributed by atoms with Crippen molar-refractivity contribution < 1.29 is 80.2 Å². The Morgan fingerprint density at radius 1 is 0.290 bits per heavy atom. The molecule has 552 valence electrons. The van der Waals surface area contributed by atoms with E-state index in [4.69, 9.17) is 37.0 Å². The van der Waals surface area contributed by atoms with Crippen molar-refractivity contribution in [3.8, 4) is 0 Å². The molecule has 0 aliphatic carbocycles. The van der Waals surface area contributed by atoms with E-state index in [-0.39, 0.29) is 25.7 Å². The fourth-order valence-electron chi connectivity index (χ4n) is 11.4. The van der Waals surface area contributed by atoms with Gasteiger partial charge in [0, 0.05) is 25.7 Å². The summed E-state index contributed by atoms with van der Waals surface area (Å²) in [5.74, 6) is -1.36. The van der Waals surface area contributed by atoms with Crippen molar-refractivity contribution in [2.75, 3.05) is 39.6 Å². The standard InChI is InChI=1S/C74H144O17P2/c1-6-9-12-15-18-21-23-25-26-27-28-29-30-32-34-40-45-50-55-60-74(79)91-70(64-85-72(77)58-53-48-43-38-36-35-37-41-46-51-56-67(4)5)66-89-93(82,83)87-62-68(75)61-86-92(80,81)88-65-69(63-84-71(76)57-52-47-42-20-17-14-11-8-3)90-73(78)59-54-49-44-39-33-31-24-22-19-16-13-10-7-2/h67-70,75H,6-66H2,1-5H3,(H,80,81)(H,82,83)/t68-,69+,70+/m0/s1. The van der Waals surface area contributed by atoms with Crippen LogP contribution in [-0.4, -0.2) is 96.7 Å². The molecule has 0 saturated heterocycles. The van der Waals surface area contributed by atoms with Gasteiger partial charge in [-0.25, -0.2) is 9.13 Å². The van der Waals surface area contributed by atoms with Crippen LogP contribution in [-0.2, 0) is 65.4 Å². The molecule has 0 aromatic heterocycles. The minimum absolute atomic E-state index is 0.108. The fourth-order valence-corrected chi connectivity index (χ4v) is 12.9. The number of rotatable bonds is 74. The second-order valence-corrected chi connectivity index (χ2v) is 30.1. The van der Waals surface area contributed by atoms with Gasteiger partial charge in [-0.2, -0.15) is 0 Å². The molecule has 0 aliphatic heterocycles. The van der Waals surface area contributed by atoms with Crippen molar-refractivity contribution in [3.63, 3.8) is 0 Å². The van der Waals surface area contributed by atoms with Crippen LogP contribution < -0.4 is 0 Å². The van der Waals surface area contributed by atoms with Crippen LogP contribution in [0.4, 0.5) is 0 Å². The zero-order valence-corrected chi connectivity index (χ0v) is 62.2. The molecule has 19 heteroatoms. The molecule has 0 heterocycles. The van der Waals surface area contributed by atoms with Gasteiger partial charge in [-0.3, -0.25) is 37.3 Å². The van der Waals surface area contributed by atoms with Crippen LogP contribution in [0.25, 0.3) is 0 Å². The Morgan fingerprint density at radius 2 is 0.495 bits per heavy atom. The number of ether oxygens (including phenoxy) is 4. The summed E-state index contributed by atoms with van der Waals surface area (Å²) in [4.78, 5) is 72.6. The maximum atomic E-state index is 13.1. The number of aliphatic hydroxyl groups is 1. The molecular weight excluding hydrogens is 1220 g/mol. The van der Waals surface area contributed by atoms with Gasteiger partial charge in [-0.15, -0.1) is 0 Å². The first-order valence-corrected chi connectivity index (χ1v) is 41.6. The quantitative estimate of drug-likeness (QED) is 0.0222. The van der Waals surface area contributed by atoms with E-state index in [9.17, 15) is 43.2 Å². The number of phosphoric acid groups is 2. The maximum Gasteiger partial charge on any atom is 0.472 e. The van der Waals surface area contributed by atoms with Crippen molar-refractivity contribution in [2.24, 2.45) is 5.92 Å². The number of esters is 4. The lowest BCUT2D eigenvalue weighted by Crippen LogP contribution is -2.30. The van der Waals surface area contributed by atoms with Crippen LogP contribution in [0, 0.1) is 5.92 Å². The van der Waals surface area contributed by atoms with E-state index >= 15 is 0 Å². The Kier molecular flexibility index (Phi) is 65.9. The Labute approximate surface area is 568 Å². The Balaban J connectivity index is 5.20. The smallest absolute Gasteiger partial charge is 0.462 e. The molecule has 0 aromatic carbocycles. The van der Waals surface area contributed by atoms with Crippen molar-refractivity contribution in [1.29, 1.82) is 0 Å². The highest BCUT2D eigenvalue weighted by Gasteiger charge is 2.30. The lowest BCUT2D eigenvalue weighted by molar-refractivity contribution is -0.161. The van der Waals surface area contributed by atoms with Gasteiger partial charge >= 0.3 is 39.5 Å². The van der Waals surface area contributed by atoms with E-state index in [1.54, 1.807) is 0 Å². The van der Waals surface area contributed by atoms with Crippen LogP contribution in [0.5, 0.6) is 0 Å². The summed E-state index contributed by atoms with van der Waals surface area (Å²) in [7, 11) is -9.90. The summed E-state index contributed by atoms with van der Waals surface area (Å²) >= 11 is 0. The Morgan fingerprint density at radius 3 is 0.731 bits per heavy atom. The number of phosphoric ester groups is 2. The molecule has 0 aliphatic rings. The first kappa shape index (κ1) is 91.1. The zero-order chi connectivity index (χ0) is 68.4. The highest BCUT2D eigenvalue weighted by molar-refractivity contribution is 7.47. The van der Waals surface area contributed by atoms with Gasteiger partial charge in [-0.05, 0) is 31.6 Å². The Hall–Kier alpha value is -1.94. The number of aliphatic hydroxyl groups excluding tert-OH is 1. The molecule has 2 unspecified atom stereocenters. The monoisotopic (exact) mass is 1370 g/mol. The van der Waals surface area contributed by atoms with Gasteiger partial charge in [0.1, 0.15) is 19.3 Å². The largest absolute Gasteiger partial charge is 0.472 e. The second kappa shape index (κ2) is 67.3. The number of unbranched alkanes of at least 4 members (excludes halogenated alkanes) is 46. The summed E-state index contributed by atoms with van der Waals surface area (Å²) in [6.07, 6.45) is 55.5. The molecule has 0 bridgehead atoms. The van der Waals surface area contributed by atoms with Gasteiger partial charge in [0.25, 0.3) is 0 Å². The Bertz CT molecular complexity index is 1790. The van der Waals surface area contributed by atoms with Crippen molar-refractivity contribution in [2.45, 2.75) is 406 Å². The molecule has 0 amide bonds. The van der Waals surface area contributed by atoms with Crippen LogP contribution in [0.1, 0.15) is 388 Å². The average molecular weight is 1370 g/mol. The highest BCUT2D eigenvalue weighted by Crippen LogP contribution is 2.45. The summed E-state index contributed by atoms with van der Waals surface area (Å²) in [6, 6.07) is 0. The molecule has 0 saturated carbocycles. The molecule has 5 atom stereocenters. The summed E-state index contributed by atoms with van der Waals surface area (Å²) in [5.41, 5.74) is 0. The first-order chi connectivity index (χ1) is 45.0. The zero-order valence-electron chi connectivity index (χ0n) is 60.4. The predicted octanol–water partition coefficient (Wildman–Crippen LogP) is 21.7. The maximum absolute atomic E-state index is 13.1. The molecule has 0 radical (unpaired) electrons. The van der Waals surface area contributed by atoms with Crippen molar-refractivity contribution in [1.82, 2.24) is 0 Å². The lowest BCUT2D eigenvalue weighted by Gasteiger charge is -2.21. The van der Waals surface area contributed by atoms with Crippen LogP contribution >= 0.6 is 15.6 Å². The van der Waals surface area contributed by atoms with E-state index in [0.29, 0.717) is 25.7 Å². The predicted molar refractivity (Wildman–Crippen MR) is 377 cm³/mol.